The van der Waals surface area contributed by atoms with Gasteiger partial charge in [-0.3, -0.25) is 4.79 Å². The van der Waals surface area contributed by atoms with Crippen LogP contribution in [0.2, 0.25) is 0 Å². The van der Waals surface area contributed by atoms with E-state index in [0.29, 0.717) is 31.6 Å². The van der Waals surface area contributed by atoms with Gasteiger partial charge < -0.3 is 20.1 Å². The van der Waals surface area contributed by atoms with Crippen LogP contribution in [0.1, 0.15) is 56.6 Å². The van der Waals surface area contributed by atoms with Crippen molar-refractivity contribution in [1.29, 1.82) is 0 Å². The number of hydrogen-bond acceptors (Lipinski definition) is 4. The second-order valence-electron chi connectivity index (χ2n) is 9.73. The molecule has 1 unspecified atom stereocenters. The van der Waals surface area contributed by atoms with Crippen LogP contribution >= 0.6 is 0 Å². The van der Waals surface area contributed by atoms with Crippen LogP contribution in [-0.4, -0.2) is 53.2 Å². The number of alkyl carbamates (subject to hydrolysis) is 1. The minimum atomic E-state index is -1.16. The van der Waals surface area contributed by atoms with E-state index >= 15 is 0 Å². The molecular weight excluding hydrogens is 432 g/mol. The van der Waals surface area contributed by atoms with Gasteiger partial charge in [-0.25, -0.2) is 9.59 Å². The number of carbonyl (C=O) groups is 3. The molecule has 2 amide bonds. The maximum absolute atomic E-state index is 13.2. The van der Waals surface area contributed by atoms with Crippen LogP contribution in [0.3, 0.4) is 0 Å². The van der Waals surface area contributed by atoms with E-state index in [1.54, 1.807) is 0 Å². The molecule has 2 aromatic carbocycles. The molecule has 7 nitrogen and oxygen atoms in total. The van der Waals surface area contributed by atoms with E-state index in [0.717, 1.165) is 22.3 Å². The summed E-state index contributed by atoms with van der Waals surface area (Å²) in [5.41, 5.74) is 3.35. The highest BCUT2D eigenvalue weighted by Gasteiger charge is 2.56. The van der Waals surface area contributed by atoms with Gasteiger partial charge in [0.25, 0.3) is 0 Å². The smallest absolute Gasteiger partial charge is 0.407 e. The number of nitrogens with one attached hydrogen (secondary N) is 1. The van der Waals surface area contributed by atoms with Gasteiger partial charge >= 0.3 is 12.1 Å². The molecule has 7 heteroatoms. The lowest BCUT2D eigenvalue weighted by atomic mass is 9.98. The third-order valence-electron chi connectivity index (χ3n) is 7.06. The third-order valence-corrected chi connectivity index (χ3v) is 7.06. The summed E-state index contributed by atoms with van der Waals surface area (Å²) in [6.07, 6.45) is 1.31. The van der Waals surface area contributed by atoms with Gasteiger partial charge in [-0.1, -0.05) is 62.4 Å². The number of nitrogens with zero attached hydrogens (tertiary/aromatic N) is 1. The Hall–Kier alpha value is -3.35. The summed E-state index contributed by atoms with van der Waals surface area (Å²) >= 11 is 0. The molecule has 0 saturated heterocycles. The van der Waals surface area contributed by atoms with E-state index in [9.17, 15) is 19.5 Å². The van der Waals surface area contributed by atoms with E-state index in [1.807, 2.05) is 50.2 Å². The highest BCUT2D eigenvalue weighted by Crippen LogP contribution is 2.44. The Morgan fingerprint density at radius 2 is 1.59 bits per heavy atom. The van der Waals surface area contributed by atoms with Crippen molar-refractivity contribution in [3.63, 3.8) is 0 Å². The zero-order valence-corrected chi connectivity index (χ0v) is 19.9. The molecule has 0 aliphatic heterocycles. The Balaban J connectivity index is 1.44. The fourth-order valence-electron chi connectivity index (χ4n) is 4.80. The first-order valence-corrected chi connectivity index (χ1v) is 11.9. The monoisotopic (exact) mass is 464 g/mol. The Morgan fingerprint density at radius 3 is 2.09 bits per heavy atom. The van der Waals surface area contributed by atoms with Crippen LogP contribution in [0.15, 0.2) is 48.5 Å². The Morgan fingerprint density at radius 1 is 1.03 bits per heavy atom. The number of carboxylic acid groups (broad SMARTS) is 1. The van der Waals surface area contributed by atoms with Crippen molar-refractivity contribution in [3.05, 3.63) is 59.7 Å². The number of ether oxygens (including phenoxy) is 1. The molecule has 2 aliphatic carbocycles. The first kappa shape index (κ1) is 23.8. The van der Waals surface area contributed by atoms with E-state index in [1.165, 1.54) is 11.9 Å². The molecule has 2 aromatic rings. The van der Waals surface area contributed by atoms with E-state index in [2.05, 4.69) is 17.4 Å². The maximum atomic E-state index is 13.2. The van der Waals surface area contributed by atoms with Crippen LogP contribution in [0, 0.1) is 5.92 Å². The van der Waals surface area contributed by atoms with Gasteiger partial charge in [0.1, 0.15) is 18.2 Å². The lowest BCUT2D eigenvalue weighted by Crippen LogP contribution is -2.53. The topological polar surface area (TPSA) is 95.9 Å². The van der Waals surface area contributed by atoms with Gasteiger partial charge in [-0.05, 0) is 53.9 Å². The van der Waals surface area contributed by atoms with Crippen molar-refractivity contribution < 1.29 is 24.2 Å². The zero-order valence-electron chi connectivity index (χ0n) is 19.9. The third kappa shape index (κ3) is 4.52. The quantitative estimate of drug-likeness (QED) is 0.573. The minimum Gasteiger partial charge on any atom is -0.479 e. The zero-order chi connectivity index (χ0) is 24.5. The number of aliphatic carboxylic acids is 1. The summed E-state index contributed by atoms with van der Waals surface area (Å²) in [6.45, 7) is 4.23. The van der Waals surface area contributed by atoms with Crippen molar-refractivity contribution in [2.45, 2.75) is 57.0 Å². The van der Waals surface area contributed by atoms with Crippen molar-refractivity contribution >= 4 is 18.0 Å². The van der Waals surface area contributed by atoms with Gasteiger partial charge in [-0.2, -0.15) is 0 Å². The SMILES string of the molecule is CC(C)CCC(NC(=O)OCC1c2ccccc2-c2ccccc21)C(=O)N(C)C1(C(=O)O)CC1. The standard InChI is InChI=1S/C27H32N2O5/c1-17(2)12-13-23(24(30)29(3)27(14-15-27)25(31)32)28-26(33)34-16-22-20-10-6-4-8-18(20)19-9-5-7-11-21(19)22/h4-11,17,22-23H,12-16H2,1-3H3,(H,28,33)(H,31,32). The second kappa shape index (κ2) is 9.49. The lowest BCUT2D eigenvalue weighted by molar-refractivity contribution is -0.151. The highest BCUT2D eigenvalue weighted by atomic mass is 16.5. The van der Waals surface area contributed by atoms with Gasteiger partial charge in [0.15, 0.2) is 0 Å². The van der Waals surface area contributed by atoms with Crippen LogP contribution in [0.5, 0.6) is 0 Å². The van der Waals surface area contributed by atoms with Crippen molar-refractivity contribution in [3.8, 4) is 11.1 Å². The molecule has 1 atom stereocenters. The minimum absolute atomic E-state index is 0.0765. The van der Waals surface area contributed by atoms with Crippen molar-refractivity contribution in [1.82, 2.24) is 10.2 Å². The number of fused-ring (bicyclic) bond motifs is 3. The summed E-state index contributed by atoms with van der Waals surface area (Å²) < 4.78 is 5.62. The number of carbonyl (C=O) groups excluding carboxylic acids is 2. The number of benzene rings is 2. The molecule has 4 rings (SSSR count). The van der Waals surface area contributed by atoms with E-state index in [4.69, 9.17) is 4.74 Å². The maximum Gasteiger partial charge on any atom is 0.407 e. The largest absolute Gasteiger partial charge is 0.479 e. The average molecular weight is 465 g/mol. The highest BCUT2D eigenvalue weighted by molar-refractivity contribution is 5.93. The molecule has 180 valence electrons. The number of likely N-dealkylation sites (N-methyl/N-ethyl adjacent to an activating group) is 1. The molecule has 2 aliphatic rings. The molecule has 0 radical (unpaired) electrons. The van der Waals surface area contributed by atoms with Crippen LogP contribution in [-0.2, 0) is 14.3 Å². The molecule has 0 spiro atoms. The van der Waals surface area contributed by atoms with Crippen molar-refractivity contribution in [2.75, 3.05) is 13.7 Å². The molecule has 0 aromatic heterocycles. The Kier molecular flexibility index (Phi) is 6.64. The predicted molar refractivity (Wildman–Crippen MR) is 128 cm³/mol. The van der Waals surface area contributed by atoms with E-state index in [-0.39, 0.29) is 12.5 Å². The fourth-order valence-corrected chi connectivity index (χ4v) is 4.80. The molecule has 0 heterocycles. The lowest BCUT2D eigenvalue weighted by Gasteiger charge is -2.29. The number of hydrogen-bond donors (Lipinski definition) is 2. The van der Waals surface area contributed by atoms with Gasteiger partial charge in [0.05, 0.1) is 0 Å². The number of amides is 2. The summed E-state index contributed by atoms with van der Waals surface area (Å²) in [4.78, 5) is 38.9. The van der Waals surface area contributed by atoms with Gasteiger partial charge in [0.2, 0.25) is 5.91 Å². The summed E-state index contributed by atoms with van der Waals surface area (Å²) in [5, 5.41) is 12.3. The fraction of sp³-hybridized carbons (Fsp3) is 0.444. The van der Waals surface area contributed by atoms with Crippen LogP contribution < -0.4 is 5.32 Å². The molecule has 1 fully saturated rings. The number of rotatable bonds is 9. The Labute approximate surface area is 200 Å². The normalized spacial score (nSPS) is 16.4. The predicted octanol–water partition coefficient (Wildman–Crippen LogP) is 4.41. The number of carboxylic acids is 1. The molecular formula is C27H32N2O5. The molecule has 0 bridgehead atoms. The van der Waals surface area contributed by atoms with Crippen LogP contribution in [0.4, 0.5) is 4.79 Å². The van der Waals surface area contributed by atoms with Gasteiger partial charge in [0, 0.05) is 13.0 Å². The first-order valence-electron chi connectivity index (χ1n) is 11.9. The molecule has 1 saturated carbocycles. The molecule has 34 heavy (non-hydrogen) atoms. The Bertz CT molecular complexity index is 1050. The summed E-state index contributed by atoms with van der Waals surface area (Å²) in [6, 6.07) is 15.3. The first-order chi connectivity index (χ1) is 16.2. The molecule has 2 N–H and O–H groups in total. The summed E-state index contributed by atoms with van der Waals surface area (Å²) in [5.74, 6) is -1.15. The van der Waals surface area contributed by atoms with E-state index < -0.39 is 29.6 Å². The van der Waals surface area contributed by atoms with Crippen LogP contribution in [0.25, 0.3) is 11.1 Å². The second-order valence-corrected chi connectivity index (χ2v) is 9.73. The van der Waals surface area contributed by atoms with Gasteiger partial charge in [-0.15, -0.1) is 0 Å². The average Bonchev–Trinajstić information content (AvgIpc) is 3.58. The summed E-state index contributed by atoms with van der Waals surface area (Å²) in [7, 11) is 1.51. The van der Waals surface area contributed by atoms with Crippen molar-refractivity contribution in [2.24, 2.45) is 5.92 Å².